The summed E-state index contributed by atoms with van der Waals surface area (Å²) in [5.41, 5.74) is -1.19. The number of carbonyl (C=O) groups is 1. The molecule has 0 N–H and O–H groups in total. The molecule has 0 amide bonds. The monoisotopic (exact) mass is 339 g/mol. The van der Waals surface area contributed by atoms with Crippen LogP contribution in [-0.4, -0.2) is 48.2 Å². The number of morpholine rings is 1. The van der Waals surface area contributed by atoms with E-state index in [-0.39, 0.29) is 11.3 Å². The fraction of sp³-hybridized carbons (Fsp3) is 0.500. The SMILES string of the molecule is CC(C)OC(=O)c1cc([N+](=O)[O-])cc([N+](=O)[O-])c1N1CCOCC1. The zero-order valence-electron chi connectivity index (χ0n) is 13.3. The van der Waals surface area contributed by atoms with Crippen LogP contribution in [0.15, 0.2) is 12.1 Å². The smallest absolute Gasteiger partial charge is 0.341 e. The van der Waals surface area contributed by atoms with Crippen molar-refractivity contribution in [3.63, 3.8) is 0 Å². The van der Waals surface area contributed by atoms with Gasteiger partial charge in [-0.1, -0.05) is 0 Å². The Labute approximate surface area is 137 Å². The highest BCUT2D eigenvalue weighted by atomic mass is 16.6. The number of nitro groups is 2. The van der Waals surface area contributed by atoms with Crippen molar-refractivity contribution < 1.29 is 24.1 Å². The van der Waals surface area contributed by atoms with Crippen LogP contribution in [0.3, 0.4) is 0 Å². The van der Waals surface area contributed by atoms with Crippen molar-refractivity contribution in [2.45, 2.75) is 20.0 Å². The van der Waals surface area contributed by atoms with E-state index >= 15 is 0 Å². The van der Waals surface area contributed by atoms with E-state index in [1.165, 1.54) is 0 Å². The Morgan fingerprint density at radius 1 is 1.21 bits per heavy atom. The van der Waals surface area contributed by atoms with Crippen LogP contribution in [0.5, 0.6) is 0 Å². The molecule has 0 atom stereocenters. The van der Waals surface area contributed by atoms with Crippen molar-refractivity contribution in [3.05, 3.63) is 37.9 Å². The molecule has 0 aromatic heterocycles. The van der Waals surface area contributed by atoms with Gasteiger partial charge in [0.2, 0.25) is 0 Å². The topological polar surface area (TPSA) is 125 Å². The first-order valence-corrected chi connectivity index (χ1v) is 7.31. The van der Waals surface area contributed by atoms with Gasteiger partial charge in [0, 0.05) is 19.2 Å². The lowest BCUT2D eigenvalue weighted by atomic mass is 10.1. The Kier molecular flexibility index (Phi) is 5.29. The molecule has 10 nitrogen and oxygen atoms in total. The molecule has 1 aromatic rings. The highest BCUT2D eigenvalue weighted by Crippen LogP contribution is 2.37. The van der Waals surface area contributed by atoms with E-state index < -0.39 is 33.3 Å². The fourth-order valence-electron chi connectivity index (χ4n) is 2.40. The van der Waals surface area contributed by atoms with Gasteiger partial charge in [0.1, 0.15) is 5.69 Å². The Morgan fingerprint density at radius 3 is 2.33 bits per heavy atom. The Hall–Kier alpha value is -2.75. The maximum absolute atomic E-state index is 12.3. The van der Waals surface area contributed by atoms with E-state index in [1.54, 1.807) is 18.7 Å². The zero-order valence-corrected chi connectivity index (χ0v) is 13.3. The number of rotatable bonds is 5. The van der Waals surface area contributed by atoms with Crippen molar-refractivity contribution in [1.29, 1.82) is 0 Å². The number of nitrogens with zero attached hydrogens (tertiary/aromatic N) is 3. The van der Waals surface area contributed by atoms with Crippen LogP contribution >= 0.6 is 0 Å². The van der Waals surface area contributed by atoms with Crippen LogP contribution in [0.1, 0.15) is 24.2 Å². The minimum Gasteiger partial charge on any atom is -0.459 e. The number of carbonyl (C=O) groups excluding carboxylic acids is 1. The van der Waals surface area contributed by atoms with Crippen molar-refractivity contribution >= 4 is 23.0 Å². The van der Waals surface area contributed by atoms with Gasteiger partial charge < -0.3 is 14.4 Å². The van der Waals surface area contributed by atoms with E-state index in [0.717, 1.165) is 12.1 Å². The van der Waals surface area contributed by atoms with Gasteiger partial charge in [-0.25, -0.2) is 4.79 Å². The molecule has 0 spiro atoms. The summed E-state index contributed by atoms with van der Waals surface area (Å²) in [5.74, 6) is -0.835. The normalized spacial score (nSPS) is 14.5. The fourth-order valence-corrected chi connectivity index (χ4v) is 2.40. The summed E-state index contributed by atoms with van der Waals surface area (Å²) < 4.78 is 10.3. The number of hydrogen-bond donors (Lipinski definition) is 0. The van der Waals surface area contributed by atoms with Crippen LogP contribution in [0.2, 0.25) is 0 Å². The third-order valence-electron chi connectivity index (χ3n) is 3.37. The largest absolute Gasteiger partial charge is 0.459 e. The molecule has 1 heterocycles. The second-order valence-corrected chi connectivity index (χ2v) is 5.43. The van der Waals surface area contributed by atoms with Gasteiger partial charge >= 0.3 is 5.97 Å². The van der Waals surface area contributed by atoms with E-state index in [1.807, 2.05) is 0 Å². The predicted octanol–water partition coefficient (Wildman–Crippen LogP) is 1.90. The number of esters is 1. The van der Waals surface area contributed by atoms with E-state index in [0.29, 0.717) is 26.3 Å². The van der Waals surface area contributed by atoms with Crippen LogP contribution in [0.4, 0.5) is 17.1 Å². The Morgan fingerprint density at radius 2 is 1.83 bits per heavy atom. The summed E-state index contributed by atoms with van der Waals surface area (Å²) in [5, 5.41) is 22.5. The molecule has 1 aromatic carbocycles. The standard InChI is InChI=1S/C14H17N3O7/c1-9(2)24-14(18)11-7-10(16(19)20)8-12(17(21)22)13(11)15-3-5-23-6-4-15/h7-9H,3-6H2,1-2H3. The minimum atomic E-state index is -0.835. The number of ether oxygens (including phenoxy) is 2. The average Bonchev–Trinajstić information content (AvgIpc) is 2.53. The molecule has 0 aliphatic carbocycles. The molecule has 0 saturated carbocycles. The summed E-state index contributed by atoms with van der Waals surface area (Å²) in [7, 11) is 0. The predicted molar refractivity (Wildman–Crippen MR) is 83.3 cm³/mol. The summed E-state index contributed by atoms with van der Waals surface area (Å²) in [4.78, 5) is 34.9. The third-order valence-corrected chi connectivity index (χ3v) is 3.37. The Bertz CT molecular complexity index is 669. The lowest BCUT2D eigenvalue weighted by Gasteiger charge is -2.29. The number of hydrogen-bond acceptors (Lipinski definition) is 8. The summed E-state index contributed by atoms with van der Waals surface area (Å²) in [6.07, 6.45) is -0.464. The lowest BCUT2D eigenvalue weighted by Crippen LogP contribution is -2.37. The first kappa shape index (κ1) is 17.6. The second-order valence-electron chi connectivity index (χ2n) is 5.43. The third kappa shape index (κ3) is 3.77. The lowest BCUT2D eigenvalue weighted by molar-refractivity contribution is -0.393. The van der Waals surface area contributed by atoms with Crippen LogP contribution in [0.25, 0.3) is 0 Å². The van der Waals surface area contributed by atoms with Gasteiger partial charge in [-0.15, -0.1) is 0 Å². The Balaban J connectivity index is 2.63. The van der Waals surface area contributed by atoms with E-state index in [2.05, 4.69) is 0 Å². The van der Waals surface area contributed by atoms with Gasteiger partial charge in [-0.2, -0.15) is 0 Å². The molecule has 24 heavy (non-hydrogen) atoms. The number of nitro benzene ring substituents is 2. The molecular formula is C14H17N3O7. The number of anilines is 1. The van der Waals surface area contributed by atoms with Crippen LogP contribution < -0.4 is 4.90 Å². The molecular weight excluding hydrogens is 322 g/mol. The van der Waals surface area contributed by atoms with Crippen molar-refractivity contribution in [3.8, 4) is 0 Å². The van der Waals surface area contributed by atoms with E-state index in [9.17, 15) is 25.0 Å². The maximum Gasteiger partial charge on any atom is 0.341 e. The van der Waals surface area contributed by atoms with E-state index in [4.69, 9.17) is 9.47 Å². The van der Waals surface area contributed by atoms with Crippen molar-refractivity contribution in [2.75, 3.05) is 31.2 Å². The highest BCUT2D eigenvalue weighted by Gasteiger charge is 2.32. The molecule has 1 aliphatic heterocycles. The quantitative estimate of drug-likeness (QED) is 0.452. The second kappa shape index (κ2) is 7.21. The first-order valence-electron chi connectivity index (χ1n) is 7.31. The molecule has 0 radical (unpaired) electrons. The average molecular weight is 339 g/mol. The molecule has 1 aliphatic rings. The minimum absolute atomic E-state index is 0.0274. The molecule has 10 heteroatoms. The first-order chi connectivity index (χ1) is 11.3. The van der Waals surface area contributed by atoms with Crippen LogP contribution in [-0.2, 0) is 9.47 Å². The summed E-state index contributed by atoms with van der Waals surface area (Å²) >= 11 is 0. The van der Waals surface area contributed by atoms with Crippen molar-refractivity contribution in [1.82, 2.24) is 0 Å². The zero-order chi connectivity index (χ0) is 17.9. The molecule has 1 fully saturated rings. The summed E-state index contributed by atoms with van der Waals surface area (Å²) in [6.45, 7) is 4.59. The van der Waals surface area contributed by atoms with Gasteiger partial charge in [-0.05, 0) is 13.8 Å². The molecule has 1 saturated heterocycles. The molecule has 0 unspecified atom stereocenters. The van der Waals surface area contributed by atoms with Crippen molar-refractivity contribution in [2.24, 2.45) is 0 Å². The van der Waals surface area contributed by atoms with Gasteiger partial charge in [0.15, 0.2) is 0 Å². The number of non-ortho nitro benzene ring substituents is 1. The van der Waals surface area contributed by atoms with Gasteiger partial charge in [0.25, 0.3) is 11.4 Å². The molecule has 0 bridgehead atoms. The number of benzene rings is 1. The molecule has 130 valence electrons. The van der Waals surface area contributed by atoms with Crippen LogP contribution in [0, 0.1) is 20.2 Å². The molecule has 2 rings (SSSR count). The highest BCUT2D eigenvalue weighted by molar-refractivity contribution is 5.99. The van der Waals surface area contributed by atoms with Gasteiger partial charge in [0.05, 0.1) is 40.8 Å². The maximum atomic E-state index is 12.3. The summed E-state index contributed by atoms with van der Waals surface area (Å²) in [6, 6.07) is 1.87. The van der Waals surface area contributed by atoms with Gasteiger partial charge in [-0.3, -0.25) is 20.2 Å².